The number of ether oxygens (including phenoxy) is 1. The van der Waals surface area contributed by atoms with E-state index >= 15 is 0 Å². The first kappa shape index (κ1) is 20.9. The van der Waals surface area contributed by atoms with Crippen LogP contribution in [0.4, 0.5) is 0 Å². The Hall–Kier alpha value is -3.38. The number of Topliss-reactive ketones (excluding diaryl/α,β-unsaturated/α-hetero) is 1. The molecule has 8 nitrogen and oxygen atoms in total. The van der Waals surface area contributed by atoms with Crippen LogP contribution in [0, 0.1) is 11.3 Å². The largest absolute Gasteiger partial charge is 0.497 e. The normalized spacial score (nSPS) is 13.2. The van der Waals surface area contributed by atoms with E-state index in [9.17, 15) is 14.9 Å². The molecule has 1 aliphatic rings. The summed E-state index contributed by atoms with van der Waals surface area (Å²) in [5.41, 5.74) is 2.26. The molecule has 2 heterocycles. The third kappa shape index (κ3) is 4.39. The van der Waals surface area contributed by atoms with Crippen molar-refractivity contribution in [2.75, 3.05) is 12.9 Å². The van der Waals surface area contributed by atoms with Crippen molar-refractivity contribution in [1.82, 2.24) is 10.3 Å². The van der Waals surface area contributed by atoms with Crippen LogP contribution in [0.15, 0.2) is 44.7 Å². The maximum absolute atomic E-state index is 12.9. The number of aromatic nitrogens is 3. The monoisotopic (exact) mass is 437 g/mol. The summed E-state index contributed by atoms with van der Waals surface area (Å²) < 4.78 is 11.3. The molecule has 0 unspecified atom stereocenters. The van der Waals surface area contributed by atoms with Crippen LogP contribution >= 0.6 is 11.8 Å². The number of thioether (sulfide) groups is 1. The number of pyridine rings is 1. The number of nitrogens with zero attached hydrogens (tertiary/aromatic N) is 3. The first-order chi connectivity index (χ1) is 15.1. The lowest BCUT2D eigenvalue weighted by atomic mass is 10.1. The molecule has 1 aliphatic carbocycles. The average Bonchev–Trinajstić information content (AvgIpc) is 3.03. The van der Waals surface area contributed by atoms with Crippen LogP contribution in [-0.4, -0.2) is 28.9 Å². The van der Waals surface area contributed by atoms with Crippen molar-refractivity contribution >= 4 is 17.5 Å². The number of carbonyl (C=O) groups is 1. The van der Waals surface area contributed by atoms with E-state index in [1.807, 2.05) is 6.07 Å². The highest BCUT2D eigenvalue weighted by Gasteiger charge is 2.31. The second-order valence-corrected chi connectivity index (χ2v) is 8.16. The van der Waals surface area contributed by atoms with Crippen molar-refractivity contribution in [3.63, 3.8) is 0 Å². The lowest BCUT2D eigenvalue weighted by Gasteiger charge is -2.09. The summed E-state index contributed by atoms with van der Waals surface area (Å²) in [7, 11) is 1.56. The van der Waals surface area contributed by atoms with Crippen LogP contribution in [0.5, 0.6) is 5.75 Å². The Bertz CT molecular complexity index is 1210. The van der Waals surface area contributed by atoms with Gasteiger partial charge in [-0.2, -0.15) is 5.26 Å². The van der Waals surface area contributed by atoms with Crippen molar-refractivity contribution in [3.8, 4) is 17.5 Å². The number of hydrogen-bond donors (Lipinski definition) is 1. The molecule has 0 saturated heterocycles. The third-order valence-electron chi connectivity index (χ3n) is 5.22. The quantitative estimate of drug-likeness (QED) is 0.273. The molecule has 0 fully saturated rings. The van der Waals surface area contributed by atoms with Gasteiger partial charge >= 0.3 is 11.3 Å². The predicted octanol–water partition coefficient (Wildman–Crippen LogP) is 2.76. The average molecular weight is 438 g/mol. The highest BCUT2D eigenvalue weighted by atomic mass is 32.2. The molecular weight excluding hydrogens is 416 g/mol. The highest BCUT2D eigenvalue weighted by molar-refractivity contribution is 8.00. The first-order valence-electron chi connectivity index (χ1n) is 9.97. The number of H-pyrrole nitrogens is 1. The zero-order valence-corrected chi connectivity index (χ0v) is 17.8. The minimum absolute atomic E-state index is 0.0424. The SMILES string of the molecule is COc1ccc(-[n+]2[nH]oc(=O)c2C(=O)CSc2nc3c(cc2C#N)CCCCC3)cc1. The van der Waals surface area contributed by atoms with Gasteiger partial charge in [-0.15, -0.1) is 0 Å². The zero-order chi connectivity index (χ0) is 21.8. The standard InChI is InChI=1S/C22H20N4O4S/c1-29-17-9-7-16(8-10-17)26-20(22(28)30-25-26)19(27)13-31-21-15(12-23)11-14-5-3-2-4-6-18(14)24-21/h7-11H,2-6,13H2,1H3/p+1. The molecule has 0 spiro atoms. The van der Waals surface area contributed by atoms with Gasteiger partial charge in [-0.1, -0.05) is 18.2 Å². The van der Waals surface area contributed by atoms with E-state index in [2.05, 4.69) is 16.3 Å². The van der Waals surface area contributed by atoms with Gasteiger partial charge in [0.15, 0.2) is 0 Å². The number of carbonyl (C=O) groups excluding carboxylic acids is 1. The maximum atomic E-state index is 12.9. The van der Waals surface area contributed by atoms with Gasteiger partial charge in [0.1, 0.15) is 16.8 Å². The molecule has 158 valence electrons. The Balaban J connectivity index is 1.57. The van der Waals surface area contributed by atoms with E-state index < -0.39 is 11.4 Å². The number of rotatable bonds is 6. The lowest BCUT2D eigenvalue weighted by molar-refractivity contribution is -0.672. The summed E-state index contributed by atoms with van der Waals surface area (Å²) in [4.78, 5) is 29.8. The van der Waals surface area contributed by atoms with E-state index in [0.29, 0.717) is 22.0 Å². The molecule has 3 aromatic rings. The molecule has 0 radical (unpaired) electrons. The van der Waals surface area contributed by atoms with Gasteiger partial charge < -0.3 is 4.74 Å². The van der Waals surface area contributed by atoms with E-state index in [-0.39, 0.29) is 11.4 Å². The van der Waals surface area contributed by atoms with Gasteiger partial charge in [-0.3, -0.25) is 9.32 Å². The van der Waals surface area contributed by atoms with Crippen molar-refractivity contribution < 1.29 is 18.7 Å². The highest BCUT2D eigenvalue weighted by Crippen LogP contribution is 2.27. The summed E-state index contributed by atoms with van der Waals surface area (Å²) in [6.45, 7) is 0. The fourth-order valence-electron chi connectivity index (χ4n) is 3.61. The van der Waals surface area contributed by atoms with Gasteiger partial charge in [0, 0.05) is 17.8 Å². The van der Waals surface area contributed by atoms with Gasteiger partial charge in [0.05, 0.1) is 18.4 Å². The Morgan fingerprint density at radius 2 is 2.06 bits per heavy atom. The van der Waals surface area contributed by atoms with Crippen LogP contribution in [0.3, 0.4) is 0 Å². The molecule has 0 amide bonds. The number of aromatic amines is 1. The molecule has 0 aliphatic heterocycles. The first-order valence-corrected chi connectivity index (χ1v) is 11.0. The van der Waals surface area contributed by atoms with Crippen LogP contribution in [-0.2, 0) is 12.8 Å². The Morgan fingerprint density at radius 3 is 2.81 bits per heavy atom. The molecule has 1 N–H and O–H groups in total. The van der Waals surface area contributed by atoms with Gasteiger partial charge in [0.25, 0.3) is 0 Å². The second kappa shape index (κ2) is 9.18. The number of hydrogen-bond acceptors (Lipinski definition) is 7. The van der Waals surface area contributed by atoms with Crippen molar-refractivity contribution in [3.05, 3.63) is 63.3 Å². The molecule has 2 aromatic heterocycles. The molecule has 31 heavy (non-hydrogen) atoms. The summed E-state index contributed by atoms with van der Waals surface area (Å²) in [5, 5.41) is 12.5. The minimum atomic E-state index is -0.753. The summed E-state index contributed by atoms with van der Waals surface area (Å²) in [6, 6.07) is 10.9. The summed E-state index contributed by atoms with van der Waals surface area (Å²) in [5.74, 6) is 0.188. The molecule has 9 heteroatoms. The molecule has 4 rings (SSSR count). The number of nitrogens with one attached hydrogen (secondary N) is 1. The van der Waals surface area contributed by atoms with Gasteiger partial charge in [-0.05, 0) is 59.4 Å². The molecule has 0 atom stereocenters. The maximum Gasteiger partial charge on any atom is 0.438 e. The van der Waals surface area contributed by atoms with E-state index in [1.54, 1.807) is 31.4 Å². The smallest absolute Gasteiger partial charge is 0.438 e. The van der Waals surface area contributed by atoms with E-state index in [1.165, 1.54) is 16.4 Å². The van der Waals surface area contributed by atoms with Crippen LogP contribution in [0.25, 0.3) is 5.69 Å². The number of nitriles is 1. The van der Waals surface area contributed by atoms with Crippen molar-refractivity contribution in [2.45, 2.75) is 37.1 Å². The van der Waals surface area contributed by atoms with Crippen LogP contribution in [0.1, 0.15) is 46.6 Å². The predicted molar refractivity (Wildman–Crippen MR) is 113 cm³/mol. The van der Waals surface area contributed by atoms with E-state index in [0.717, 1.165) is 43.4 Å². The van der Waals surface area contributed by atoms with Crippen LogP contribution in [0.2, 0.25) is 0 Å². The topological polar surface area (TPSA) is 113 Å². The van der Waals surface area contributed by atoms with Gasteiger partial charge in [-0.25, -0.2) is 9.78 Å². The number of aryl methyl sites for hydroxylation is 2. The summed E-state index contributed by atoms with van der Waals surface area (Å²) in [6.07, 6.45) is 5.11. The Morgan fingerprint density at radius 1 is 1.29 bits per heavy atom. The third-order valence-corrected chi connectivity index (χ3v) is 6.21. The molecule has 0 bridgehead atoms. The summed E-state index contributed by atoms with van der Waals surface area (Å²) >= 11 is 1.17. The minimum Gasteiger partial charge on any atom is -0.497 e. The number of ketones is 1. The van der Waals surface area contributed by atoms with Crippen LogP contribution < -0.4 is 15.0 Å². The number of fused-ring (bicyclic) bond motifs is 1. The second-order valence-electron chi connectivity index (χ2n) is 7.19. The molecule has 1 aromatic carbocycles. The lowest BCUT2D eigenvalue weighted by Crippen LogP contribution is -2.41. The Kier molecular flexibility index (Phi) is 6.18. The van der Waals surface area contributed by atoms with Crippen molar-refractivity contribution in [1.29, 1.82) is 5.26 Å². The zero-order valence-electron chi connectivity index (χ0n) is 17.0. The molecule has 0 saturated carbocycles. The number of benzene rings is 1. The fraction of sp³-hybridized carbons (Fsp3) is 0.318. The van der Waals surface area contributed by atoms with Crippen molar-refractivity contribution in [2.24, 2.45) is 0 Å². The molecular formula is C22H21N4O4S+. The van der Waals surface area contributed by atoms with Gasteiger partial charge in [0.2, 0.25) is 11.5 Å². The fourth-order valence-corrected chi connectivity index (χ4v) is 4.45. The number of methoxy groups -OCH3 is 1. The Labute approximate surface area is 182 Å². The van der Waals surface area contributed by atoms with E-state index in [4.69, 9.17) is 9.26 Å².